The van der Waals surface area contributed by atoms with Gasteiger partial charge in [0.25, 0.3) is 5.56 Å². The second-order valence-electron chi connectivity index (χ2n) is 4.58. The molecule has 0 amide bonds. The van der Waals surface area contributed by atoms with Gasteiger partial charge in [0.05, 0.1) is 23.8 Å². The number of fused-ring (bicyclic) bond motifs is 1. The Hall–Kier alpha value is -2.33. The van der Waals surface area contributed by atoms with E-state index in [-0.39, 0.29) is 5.56 Å². The number of aromatic nitrogens is 2. The van der Waals surface area contributed by atoms with Crippen molar-refractivity contribution in [3.63, 3.8) is 0 Å². The van der Waals surface area contributed by atoms with E-state index in [1.807, 2.05) is 18.2 Å². The molecule has 0 aliphatic carbocycles. The van der Waals surface area contributed by atoms with Crippen molar-refractivity contribution in [3.05, 3.63) is 69.7 Å². The predicted octanol–water partition coefficient (Wildman–Crippen LogP) is 2.68. The third kappa shape index (κ3) is 2.38. The quantitative estimate of drug-likeness (QED) is 0.737. The lowest BCUT2D eigenvalue weighted by molar-refractivity contribution is 0.748. The van der Waals surface area contributed by atoms with Gasteiger partial charge in [-0.3, -0.25) is 9.36 Å². The average molecular weight is 286 g/mol. The highest BCUT2D eigenvalue weighted by molar-refractivity contribution is 6.30. The van der Waals surface area contributed by atoms with Crippen molar-refractivity contribution in [2.24, 2.45) is 0 Å². The second kappa shape index (κ2) is 4.98. The molecule has 100 valence electrons. The highest BCUT2D eigenvalue weighted by atomic mass is 35.5. The summed E-state index contributed by atoms with van der Waals surface area (Å²) in [7, 11) is 0. The molecule has 0 atom stereocenters. The highest BCUT2D eigenvalue weighted by Crippen LogP contribution is 2.13. The Labute approximate surface area is 120 Å². The van der Waals surface area contributed by atoms with Gasteiger partial charge in [-0.15, -0.1) is 0 Å². The van der Waals surface area contributed by atoms with Crippen molar-refractivity contribution in [1.29, 1.82) is 0 Å². The van der Waals surface area contributed by atoms with Crippen LogP contribution in [0.1, 0.15) is 5.56 Å². The number of rotatable bonds is 2. The Morgan fingerprint density at radius 2 is 2.05 bits per heavy atom. The molecule has 0 saturated heterocycles. The lowest BCUT2D eigenvalue weighted by Crippen LogP contribution is -2.21. The first kappa shape index (κ1) is 12.7. The van der Waals surface area contributed by atoms with E-state index in [0.717, 1.165) is 5.56 Å². The largest absolute Gasteiger partial charge is 0.399 e. The first-order valence-corrected chi connectivity index (χ1v) is 6.50. The maximum Gasteiger partial charge on any atom is 0.261 e. The molecule has 0 bridgehead atoms. The SMILES string of the molecule is Nc1ccc2ncn(Cc3cccc(Cl)c3)c(=O)c2c1. The topological polar surface area (TPSA) is 60.9 Å². The minimum absolute atomic E-state index is 0.109. The summed E-state index contributed by atoms with van der Waals surface area (Å²) >= 11 is 5.95. The third-order valence-corrected chi connectivity index (χ3v) is 3.33. The highest BCUT2D eigenvalue weighted by Gasteiger charge is 2.05. The molecule has 0 aliphatic heterocycles. The summed E-state index contributed by atoms with van der Waals surface area (Å²) in [6, 6.07) is 12.5. The first-order valence-electron chi connectivity index (χ1n) is 6.12. The van der Waals surface area contributed by atoms with Crippen LogP contribution in [0.5, 0.6) is 0 Å². The number of nitrogens with two attached hydrogens (primary N) is 1. The molecule has 3 aromatic rings. The molecule has 4 nitrogen and oxygen atoms in total. The van der Waals surface area contributed by atoms with E-state index >= 15 is 0 Å². The summed E-state index contributed by atoms with van der Waals surface area (Å²) in [5.74, 6) is 0. The zero-order valence-corrected chi connectivity index (χ0v) is 11.3. The Morgan fingerprint density at radius 3 is 2.85 bits per heavy atom. The van der Waals surface area contributed by atoms with Crippen LogP contribution in [0, 0.1) is 0 Å². The Bertz CT molecular complexity index is 842. The molecule has 3 rings (SSSR count). The van der Waals surface area contributed by atoms with E-state index in [9.17, 15) is 4.79 Å². The maximum absolute atomic E-state index is 12.4. The van der Waals surface area contributed by atoms with Gasteiger partial charge in [-0.2, -0.15) is 0 Å². The number of nitrogen functional groups attached to an aromatic ring is 1. The summed E-state index contributed by atoms with van der Waals surface area (Å²) in [4.78, 5) is 16.7. The average Bonchev–Trinajstić information content (AvgIpc) is 2.43. The molecule has 0 fully saturated rings. The minimum atomic E-state index is -0.109. The van der Waals surface area contributed by atoms with Crippen LogP contribution in [0.2, 0.25) is 5.02 Å². The van der Waals surface area contributed by atoms with Crippen molar-refractivity contribution < 1.29 is 0 Å². The first-order chi connectivity index (χ1) is 9.63. The van der Waals surface area contributed by atoms with E-state index < -0.39 is 0 Å². The zero-order chi connectivity index (χ0) is 14.1. The van der Waals surface area contributed by atoms with Crippen LogP contribution in [-0.2, 0) is 6.54 Å². The van der Waals surface area contributed by atoms with Crippen molar-refractivity contribution >= 4 is 28.2 Å². The summed E-state index contributed by atoms with van der Waals surface area (Å²) in [6.07, 6.45) is 1.54. The molecule has 1 aromatic heterocycles. The fourth-order valence-corrected chi connectivity index (χ4v) is 2.33. The van der Waals surface area contributed by atoms with Crippen molar-refractivity contribution in [1.82, 2.24) is 9.55 Å². The van der Waals surface area contributed by atoms with E-state index in [0.29, 0.717) is 28.2 Å². The third-order valence-electron chi connectivity index (χ3n) is 3.09. The van der Waals surface area contributed by atoms with Crippen LogP contribution >= 0.6 is 11.6 Å². The maximum atomic E-state index is 12.4. The molecular weight excluding hydrogens is 274 g/mol. The number of nitrogens with zero attached hydrogens (tertiary/aromatic N) is 2. The van der Waals surface area contributed by atoms with Crippen LogP contribution in [0.3, 0.4) is 0 Å². The molecule has 0 radical (unpaired) electrons. The van der Waals surface area contributed by atoms with E-state index in [1.165, 1.54) is 0 Å². The van der Waals surface area contributed by atoms with Crippen LogP contribution in [0.25, 0.3) is 10.9 Å². The number of benzene rings is 2. The molecule has 2 N–H and O–H groups in total. The van der Waals surface area contributed by atoms with Gasteiger partial charge in [-0.05, 0) is 35.9 Å². The summed E-state index contributed by atoms with van der Waals surface area (Å²) in [5.41, 5.74) is 7.76. The van der Waals surface area contributed by atoms with Crippen molar-refractivity contribution in [2.45, 2.75) is 6.54 Å². The van der Waals surface area contributed by atoms with Crippen molar-refractivity contribution in [3.8, 4) is 0 Å². The summed E-state index contributed by atoms with van der Waals surface area (Å²) < 4.78 is 1.55. The Kier molecular flexibility index (Phi) is 3.16. The van der Waals surface area contributed by atoms with E-state index in [4.69, 9.17) is 17.3 Å². The number of hydrogen-bond acceptors (Lipinski definition) is 3. The minimum Gasteiger partial charge on any atom is -0.399 e. The van der Waals surface area contributed by atoms with Gasteiger partial charge in [-0.25, -0.2) is 4.98 Å². The van der Waals surface area contributed by atoms with Crippen LogP contribution in [0.4, 0.5) is 5.69 Å². The normalized spacial score (nSPS) is 10.8. The Balaban J connectivity index is 2.08. The fourth-order valence-electron chi connectivity index (χ4n) is 2.12. The molecule has 2 aromatic carbocycles. The molecule has 5 heteroatoms. The summed E-state index contributed by atoms with van der Waals surface area (Å²) in [6.45, 7) is 0.428. The Morgan fingerprint density at radius 1 is 1.20 bits per heavy atom. The second-order valence-corrected chi connectivity index (χ2v) is 5.02. The standard InChI is InChI=1S/C15H12ClN3O/c16-11-3-1-2-10(6-11)8-19-9-18-14-5-4-12(17)7-13(14)15(19)20/h1-7,9H,8,17H2. The number of hydrogen-bond donors (Lipinski definition) is 1. The van der Waals surface area contributed by atoms with Gasteiger partial charge in [0.1, 0.15) is 0 Å². The van der Waals surface area contributed by atoms with Gasteiger partial charge in [0, 0.05) is 10.7 Å². The van der Waals surface area contributed by atoms with Gasteiger partial charge in [0.2, 0.25) is 0 Å². The number of anilines is 1. The monoisotopic (exact) mass is 285 g/mol. The predicted molar refractivity (Wildman–Crippen MR) is 81.0 cm³/mol. The lowest BCUT2D eigenvalue weighted by Gasteiger charge is -2.07. The summed E-state index contributed by atoms with van der Waals surface area (Å²) in [5, 5.41) is 1.17. The van der Waals surface area contributed by atoms with E-state index in [2.05, 4.69) is 4.98 Å². The molecule has 0 unspecified atom stereocenters. The van der Waals surface area contributed by atoms with Crippen LogP contribution in [-0.4, -0.2) is 9.55 Å². The molecule has 1 heterocycles. The van der Waals surface area contributed by atoms with Gasteiger partial charge in [-0.1, -0.05) is 23.7 Å². The van der Waals surface area contributed by atoms with Gasteiger partial charge < -0.3 is 5.73 Å². The van der Waals surface area contributed by atoms with Gasteiger partial charge >= 0.3 is 0 Å². The zero-order valence-electron chi connectivity index (χ0n) is 10.6. The molecule has 0 aliphatic rings. The van der Waals surface area contributed by atoms with Crippen molar-refractivity contribution in [2.75, 3.05) is 5.73 Å². The fraction of sp³-hybridized carbons (Fsp3) is 0.0667. The van der Waals surface area contributed by atoms with E-state index in [1.54, 1.807) is 35.2 Å². The lowest BCUT2D eigenvalue weighted by atomic mass is 10.2. The smallest absolute Gasteiger partial charge is 0.261 e. The van der Waals surface area contributed by atoms with Gasteiger partial charge in [0.15, 0.2) is 0 Å². The van der Waals surface area contributed by atoms with Crippen LogP contribution < -0.4 is 11.3 Å². The molecular formula is C15H12ClN3O. The number of halogens is 1. The molecule has 20 heavy (non-hydrogen) atoms. The van der Waals surface area contributed by atoms with Crippen LogP contribution in [0.15, 0.2) is 53.6 Å². The molecule has 0 spiro atoms. The molecule has 0 saturated carbocycles.